The van der Waals surface area contributed by atoms with E-state index in [0.717, 1.165) is 21.1 Å². The van der Waals surface area contributed by atoms with Crippen LogP contribution in [0, 0.1) is 0 Å². The molecule has 1 aliphatic heterocycles. The van der Waals surface area contributed by atoms with E-state index in [9.17, 15) is 14.4 Å². The first-order chi connectivity index (χ1) is 11.8. The Morgan fingerprint density at radius 1 is 1.24 bits per heavy atom. The van der Waals surface area contributed by atoms with E-state index < -0.39 is 23.2 Å². The number of halogens is 1. The lowest BCUT2D eigenvalue weighted by Gasteiger charge is -2.18. The molecule has 9 heteroatoms. The maximum atomic E-state index is 12.5. The minimum atomic E-state index is -0.998. The fourth-order valence-electron chi connectivity index (χ4n) is 2.30. The van der Waals surface area contributed by atoms with Gasteiger partial charge in [-0.05, 0) is 36.9 Å². The van der Waals surface area contributed by atoms with Crippen LogP contribution in [0.5, 0.6) is 11.5 Å². The number of amides is 2. The van der Waals surface area contributed by atoms with Crippen molar-refractivity contribution >= 4 is 50.9 Å². The van der Waals surface area contributed by atoms with Gasteiger partial charge in [0.05, 0.1) is 26.2 Å². The van der Waals surface area contributed by atoms with Gasteiger partial charge in [-0.2, -0.15) is 0 Å². The average Bonchev–Trinajstić information content (AvgIpc) is 2.86. The third-order valence-corrected chi connectivity index (χ3v) is 4.85. The van der Waals surface area contributed by atoms with E-state index in [4.69, 9.17) is 9.47 Å². The number of methoxy groups -OCH3 is 3. The number of imide groups is 1. The molecule has 1 saturated heterocycles. The van der Waals surface area contributed by atoms with E-state index in [2.05, 4.69) is 20.7 Å². The van der Waals surface area contributed by atoms with Gasteiger partial charge in [0.2, 0.25) is 0 Å². The van der Waals surface area contributed by atoms with Crippen molar-refractivity contribution in [2.24, 2.45) is 0 Å². The van der Waals surface area contributed by atoms with Crippen molar-refractivity contribution in [2.75, 3.05) is 21.3 Å². The summed E-state index contributed by atoms with van der Waals surface area (Å²) in [6, 6.07) is 2.46. The zero-order valence-electron chi connectivity index (χ0n) is 14.0. The number of hydrogen-bond acceptors (Lipinski definition) is 7. The van der Waals surface area contributed by atoms with Crippen molar-refractivity contribution in [2.45, 2.75) is 13.0 Å². The second-order valence-electron chi connectivity index (χ2n) is 4.98. The molecule has 2 rings (SSSR count). The molecule has 7 nitrogen and oxygen atoms in total. The second-order valence-corrected chi connectivity index (χ2v) is 6.89. The molecule has 134 valence electrons. The lowest BCUT2D eigenvalue weighted by molar-refractivity contribution is -0.148. The molecule has 0 radical (unpaired) electrons. The monoisotopic (exact) mass is 429 g/mol. The maximum absolute atomic E-state index is 12.5. The quantitative estimate of drug-likeness (QED) is 0.525. The number of nitrogens with zero attached hydrogens (tertiary/aromatic N) is 1. The van der Waals surface area contributed by atoms with Crippen LogP contribution in [0.25, 0.3) is 6.08 Å². The van der Waals surface area contributed by atoms with Crippen LogP contribution in [0.3, 0.4) is 0 Å². The molecule has 1 fully saturated rings. The van der Waals surface area contributed by atoms with Gasteiger partial charge in [-0.1, -0.05) is 15.9 Å². The number of thioether (sulfide) groups is 1. The van der Waals surface area contributed by atoms with Crippen LogP contribution in [0.4, 0.5) is 4.79 Å². The number of hydrogen-bond donors (Lipinski definition) is 0. The van der Waals surface area contributed by atoms with Crippen LogP contribution in [0.1, 0.15) is 12.5 Å². The van der Waals surface area contributed by atoms with Gasteiger partial charge in [0.25, 0.3) is 11.1 Å². The van der Waals surface area contributed by atoms with Gasteiger partial charge in [0, 0.05) is 10.0 Å². The fraction of sp³-hybridized carbons (Fsp3) is 0.312. The first kappa shape index (κ1) is 19.3. The van der Waals surface area contributed by atoms with E-state index >= 15 is 0 Å². The highest BCUT2D eigenvalue weighted by molar-refractivity contribution is 9.10. The average molecular weight is 430 g/mol. The van der Waals surface area contributed by atoms with E-state index in [1.807, 2.05) is 0 Å². The van der Waals surface area contributed by atoms with Crippen LogP contribution in [-0.4, -0.2) is 49.4 Å². The molecule has 1 atom stereocenters. The molecule has 1 aromatic rings. The second kappa shape index (κ2) is 7.92. The molecule has 0 bridgehead atoms. The summed E-state index contributed by atoms with van der Waals surface area (Å²) in [5, 5.41) is -0.532. The van der Waals surface area contributed by atoms with Gasteiger partial charge < -0.3 is 14.2 Å². The van der Waals surface area contributed by atoms with Gasteiger partial charge in [0.1, 0.15) is 6.04 Å². The van der Waals surface area contributed by atoms with Gasteiger partial charge in [0.15, 0.2) is 11.5 Å². The fourth-order valence-corrected chi connectivity index (χ4v) is 3.65. The topological polar surface area (TPSA) is 82.1 Å². The van der Waals surface area contributed by atoms with E-state index in [1.165, 1.54) is 34.3 Å². The molecule has 2 amide bonds. The van der Waals surface area contributed by atoms with Crippen LogP contribution >= 0.6 is 27.7 Å². The number of ether oxygens (including phenoxy) is 3. The summed E-state index contributed by atoms with van der Waals surface area (Å²) >= 11 is 4.11. The minimum Gasteiger partial charge on any atom is -0.493 e. The molecule has 25 heavy (non-hydrogen) atoms. The smallest absolute Gasteiger partial charge is 0.328 e. The minimum absolute atomic E-state index is 0.180. The number of esters is 1. The van der Waals surface area contributed by atoms with Crippen LogP contribution in [0.2, 0.25) is 0 Å². The van der Waals surface area contributed by atoms with Gasteiger partial charge in [-0.3, -0.25) is 14.5 Å². The first-order valence-corrected chi connectivity index (χ1v) is 8.71. The lowest BCUT2D eigenvalue weighted by Crippen LogP contribution is -2.42. The zero-order chi connectivity index (χ0) is 18.7. The molecule has 0 saturated carbocycles. The Kier molecular flexibility index (Phi) is 6.12. The molecule has 0 unspecified atom stereocenters. The lowest BCUT2D eigenvalue weighted by atomic mass is 10.1. The van der Waals surface area contributed by atoms with Crippen molar-refractivity contribution in [1.29, 1.82) is 0 Å². The van der Waals surface area contributed by atoms with Gasteiger partial charge in [-0.15, -0.1) is 0 Å². The number of carbonyl (C=O) groups excluding carboxylic acids is 3. The molecule has 0 N–H and O–H groups in total. The van der Waals surface area contributed by atoms with E-state index in [0.29, 0.717) is 17.1 Å². The molecule has 1 aromatic carbocycles. The Labute approximate surface area is 157 Å². The number of carbonyl (C=O) groups is 3. The SMILES string of the molecule is COC(=O)[C@@H](C)N1C(=O)S/C(=C/c2cc(Br)cc(OC)c2OC)C1=O. The summed E-state index contributed by atoms with van der Waals surface area (Å²) in [6.07, 6.45) is 1.53. The molecular weight excluding hydrogens is 414 g/mol. The normalized spacial score (nSPS) is 17.0. The Hall–Kier alpha value is -2.00. The third-order valence-electron chi connectivity index (χ3n) is 3.51. The molecule has 0 aliphatic carbocycles. The Morgan fingerprint density at radius 3 is 2.48 bits per heavy atom. The Morgan fingerprint density at radius 2 is 1.92 bits per heavy atom. The van der Waals surface area contributed by atoms with Crippen molar-refractivity contribution in [1.82, 2.24) is 4.90 Å². The maximum Gasteiger partial charge on any atom is 0.328 e. The predicted octanol–water partition coefficient (Wildman–Crippen LogP) is 3.06. The van der Waals surface area contributed by atoms with Crippen molar-refractivity contribution < 1.29 is 28.6 Å². The third kappa shape index (κ3) is 3.82. The van der Waals surface area contributed by atoms with E-state index in [1.54, 1.807) is 12.1 Å². The Bertz CT molecular complexity index is 763. The number of benzene rings is 1. The van der Waals surface area contributed by atoms with Crippen molar-refractivity contribution in [3.63, 3.8) is 0 Å². The van der Waals surface area contributed by atoms with Crippen molar-refractivity contribution in [3.8, 4) is 11.5 Å². The van der Waals surface area contributed by atoms with E-state index in [-0.39, 0.29) is 4.91 Å². The summed E-state index contributed by atoms with van der Waals surface area (Å²) in [6.45, 7) is 1.44. The summed E-state index contributed by atoms with van der Waals surface area (Å²) in [4.78, 5) is 37.4. The largest absolute Gasteiger partial charge is 0.493 e. The standard InChI is InChI=1S/C16H16BrNO6S/c1-8(15(20)24-4)18-14(19)12(25-16(18)21)6-9-5-10(17)7-11(22-2)13(9)23-3/h5-8H,1-4H3/b12-6+/t8-/m1/s1. The van der Waals surface area contributed by atoms with Crippen LogP contribution in [-0.2, 0) is 14.3 Å². The Balaban J connectivity index is 2.43. The molecule has 0 spiro atoms. The summed E-state index contributed by atoms with van der Waals surface area (Å²) < 4.78 is 15.9. The van der Waals surface area contributed by atoms with Gasteiger partial charge >= 0.3 is 5.97 Å². The predicted molar refractivity (Wildman–Crippen MR) is 96.5 cm³/mol. The first-order valence-electron chi connectivity index (χ1n) is 7.10. The molecular formula is C16H16BrNO6S. The molecule has 1 heterocycles. The van der Waals surface area contributed by atoms with Gasteiger partial charge in [-0.25, -0.2) is 4.79 Å². The number of rotatable bonds is 5. The molecule has 1 aliphatic rings. The summed E-state index contributed by atoms with van der Waals surface area (Å²) in [7, 11) is 4.18. The summed E-state index contributed by atoms with van der Waals surface area (Å²) in [5.74, 6) is -0.317. The van der Waals surface area contributed by atoms with Crippen LogP contribution < -0.4 is 9.47 Å². The highest BCUT2D eigenvalue weighted by Crippen LogP contribution is 2.39. The highest BCUT2D eigenvalue weighted by Gasteiger charge is 2.41. The van der Waals surface area contributed by atoms with Crippen LogP contribution in [0.15, 0.2) is 21.5 Å². The summed E-state index contributed by atoms with van der Waals surface area (Å²) in [5.41, 5.74) is 0.560. The molecule has 0 aromatic heterocycles. The van der Waals surface area contributed by atoms with Crippen molar-refractivity contribution in [3.05, 3.63) is 27.1 Å². The zero-order valence-corrected chi connectivity index (χ0v) is 16.4. The highest BCUT2D eigenvalue weighted by atomic mass is 79.9.